The first-order valence-corrected chi connectivity index (χ1v) is 5.74. The van der Waals surface area contributed by atoms with Gasteiger partial charge in [-0.15, -0.1) is 0 Å². The lowest BCUT2D eigenvalue weighted by Crippen LogP contribution is -2.30. The summed E-state index contributed by atoms with van der Waals surface area (Å²) in [5.74, 6) is -0.0372. The molecule has 1 amide bonds. The molecule has 0 atom stereocenters. The number of hydrogen-bond acceptors (Lipinski definition) is 3. The van der Waals surface area contributed by atoms with Crippen LogP contribution in [0.3, 0.4) is 0 Å². The number of aryl methyl sites for hydroxylation is 1. The van der Waals surface area contributed by atoms with Gasteiger partial charge in [0.2, 0.25) is 5.91 Å². The molecule has 0 saturated carbocycles. The Labute approximate surface area is 101 Å². The smallest absolute Gasteiger partial charge is 0.246 e. The number of rotatable bonds is 6. The van der Waals surface area contributed by atoms with Crippen LogP contribution in [0.25, 0.3) is 6.08 Å². The summed E-state index contributed by atoms with van der Waals surface area (Å²) in [6.07, 6.45) is 7.44. The summed E-state index contributed by atoms with van der Waals surface area (Å²) in [7, 11) is 1.83. The van der Waals surface area contributed by atoms with Gasteiger partial charge in [-0.25, -0.2) is 0 Å². The highest BCUT2D eigenvalue weighted by atomic mass is 16.3. The number of likely N-dealkylation sites (N-methyl/N-ethyl adjacent to an activating group) is 1. The highest BCUT2D eigenvalue weighted by molar-refractivity contribution is 5.91. The van der Waals surface area contributed by atoms with E-state index in [2.05, 4.69) is 5.10 Å². The average Bonchev–Trinajstić information content (AvgIpc) is 2.73. The molecule has 0 aliphatic rings. The standard InChI is InChI=1S/C12H19N3O2/c1-3-15(7-4-8-16)12(17)6-5-11-9-13-14(2)10-11/h5-6,9-10,16H,3-4,7-8H2,1-2H3/b6-5+. The molecule has 1 aromatic rings. The predicted octanol–water partition coefficient (Wildman–Crippen LogP) is 0.664. The van der Waals surface area contributed by atoms with Crippen LogP contribution in [-0.2, 0) is 11.8 Å². The van der Waals surface area contributed by atoms with Gasteiger partial charge in [0, 0.05) is 44.6 Å². The zero-order valence-electron chi connectivity index (χ0n) is 10.3. The summed E-state index contributed by atoms with van der Waals surface area (Å²) in [4.78, 5) is 13.5. The van der Waals surface area contributed by atoms with Crippen molar-refractivity contribution in [1.82, 2.24) is 14.7 Å². The Morgan fingerprint density at radius 2 is 2.41 bits per heavy atom. The molecule has 1 N–H and O–H groups in total. The zero-order valence-corrected chi connectivity index (χ0v) is 10.3. The molecule has 0 spiro atoms. The van der Waals surface area contributed by atoms with Crippen molar-refractivity contribution in [2.45, 2.75) is 13.3 Å². The number of aliphatic hydroxyl groups is 1. The number of nitrogens with zero attached hydrogens (tertiary/aromatic N) is 3. The summed E-state index contributed by atoms with van der Waals surface area (Å²) < 4.78 is 1.69. The Hall–Kier alpha value is -1.62. The summed E-state index contributed by atoms with van der Waals surface area (Å²) in [6.45, 7) is 3.27. The molecule has 0 bridgehead atoms. The van der Waals surface area contributed by atoms with E-state index in [0.29, 0.717) is 19.5 Å². The fraction of sp³-hybridized carbons (Fsp3) is 0.500. The van der Waals surface area contributed by atoms with Crippen molar-refractivity contribution in [1.29, 1.82) is 0 Å². The zero-order chi connectivity index (χ0) is 12.7. The van der Waals surface area contributed by atoms with Gasteiger partial charge in [-0.3, -0.25) is 9.48 Å². The van der Waals surface area contributed by atoms with Crippen LogP contribution in [0.5, 0.6) is 0 Å². The topological polar surface area (TPSA) is 58.4 Å². The highest BCUT2D eigenvalue weighted by Gasteiger charge is 2.07. The third kappa shape index (κ3) is 4.40. The van der Waals surface area contributed by atoms with Crippen molar-refractivity contribution in [2.24, 2.45) is 7.05 Å². The second-order valence-corrected chi connectivity index (χ2v) is 3.78. The number of aliphatic hydroxyl groups excluding tert-OH is 1. The number of carbonyl (C=O) groups is 1. The van der Waals surface area contributed by atoms with Crippen LogP contribution in [0.15, 0.2) is 18.5 Å². The summed E-state index contributed by atoms with van der Waals surface area (Å²) in [6, 6.07) is 0. The fourth-order valence-corrected chi connectivity index (χ4v) is 1.48. The molecule has 1 heterocycles. The third-order valence-corrected chi connectivity index (χ3v) is 2.42. The lowest BCUT2D eigenvalue weighted by molar-refractivity contribution is -0.125. The van der Waals surface area contributed by atoms with Crippen LogP contribution in [-0.4, -0.2) is 45.4 Å². The van der Waals surface area contributed by atoms with Crippen molar-refractivity contribution in [3.8, 4) is 0 Å². The lowest BCUT2D eigenvalue weighted by Gasteiger charge is -2.18. The van der Waals surface area contributed by atoms with E-state index in [1.807, 2.05) is 20.2 Å². The maximum atomic E-state index is 11.8. The molecular weight excluding hydrogens is 218 g/mol. The number of amides is 1. The van der Waals surface area contributed by atoms with Gasteiger partial charge in [-0.05, 0) is 19.4 Å². The van der Waals surface area contributed by atoms with E-state index in [1.54, 1.807) is 21.9 Å². The van der Waals surface area contributed by atoms with Crippen LogP contribution in [0.2, 0.25) is 0 Å². The minimum Gasteiger partial charge on any atom is -0.396 e. The molecule has 94 valence electrons. The Morgan fingerprint density at radius 1 is 1.65 bits per heavy atom. The van der Waals surface area contributed by atoms with Crippen molar-refractivity contribution < 1.29 is 9.90 Å². The number of aromatic nitrogens is 2. The maximum Gasteiger partial charge on any atom is 0.246 e. The van der Waals surface area contributed by atoms with Crippen LogP contribution >= 0.6 is 0 Å². The number of carbonyl (C=O) groups excluding carboxylic acids is 1. The summed E-state index contributed by atoms with van der Waals surface area (Å²) in [5.41, 5.74) is 0.902. The lowest BCUT2D eigenvalue weighted by atomic mass is 10.3. The van der Waals surface area contributed by atoms with Gasteiger partial charge < -0.3 is 10.0 Å². The molecule has 0 aromatic carbocycles. The molecule has 5 nitrogen and oxygen atoms in total. The minimum absolute atomic E-state index is 0.0372. The van der Waals surface area contributed by atoms with Crippen LogP contribution in [0.1, 0.15) is 18.9 Å². The Bertz CT molecular complexity index is 385. The normalized spacial score (nSPS) is 11.0. The predicted molar refractivity (Wildman–Crippen MR) is 66.2 cm³/mol. The molecule has 0 radical (unpaired) electrons. The Balaban J connectivity index is 2.54. The molecule has 1 aromatic heterocycles. The second-order valence-electron chi connectivity index (χ2n) is 3.78. The molecule has 0 saturated heterocycles. The molecule has 0 unspecified atom stereocenters. The quantitative estimate of drug-likeness (QED) is 0.740. The van der Waals surface area contributed by atoms with Gasteiger partial charge in [0.1, 0.15) is 0 Å². The second kappa shape index (κ2) is 6.85. The van der Waals surface area contributed by atoms with Gasteiger partial charge >= 0.3 is 0 Å². The van der Waals surface area contributed by atoms with Gasteiger partial charge in [-0.2, -0.15) is 5.10 Å². The van der Waals surface area contributed by atoms with E-state index in [4.69, 9.17) is 5.11 Å². The summed E-state index contributed by atoms with van der Waals surface area (Å²) >= 11 is 0. The van der Waals surface area contributed by atoms with Gasteiger partial charge in [0.25, 0.3) is 0 Å². The molecule has 17 heavy (non-hydrogen) atoms. The molecule has 1 rings (SSSR count). The maximum absolute atomic E-state index is 11.8. The Morgan fingerprint density at radius 3 is 2.94 bits per heavy atom. The van der Waals surface area contributed by atoms with Crippen molar-refractivity contribution in [3.05, 3.63) is 24.0 Å². The van der Waals surface area contributed by atoms with Gasteiger partial charge in [-0.1, -0.05) is 0 Å². The molecule has 5 heteroatoms. The summed E-state index contributed by atoms with van der Waals surface area (Å²) in [5, 5.41) is 12.8. The van der Waals surface area contributed by atoms with E-state index in [-0.39, 0.29) is 12.5 Å². The third-order valence-electron chi connectivity index (χ3n) is 2.42. The monoisotopic (exact) mass is 237 g/mol. The van der Waals surface area contributed by atoms with Crippen molar-refractivity contribution in [3.63, 3.8) is 0 Å². The first kappa shape index (κ1) is 13.4. The minimum atomic E-state index is -0.0372. The number of hydrogen-bond donors (Lipinski definition) is 1. The van der Waals surface area contributed by atoms with Crippen LogP contribution in [0, 0.1) is 0 Å². The van der Waals surface area contributed by atoms with E-state index in [1.165, 1.54) is 6.08 Å². The molecule has 0 aliphatic heterocycles. The molecule has 0 fully saturated rings. The Kier molecular flexibility index (Phi) is 5.42. The largest absolute Gasteiger partial charge is 0.396 e. The first-order valence-electron chi connectivity index (χ1n) is 5.74. The average molecular weight is 237 g/mol. The van der Waals surface area contributed by atoms with Crippen LogP contribution in [0.4, 0.5) is 0 Å². The fourth-order valence-electron chi connectivity index (χ4n) is 1.48. The van der Waals surface area contributed by atoms with Crippen molar-refractivity contribution in [2.75, 3.05) is 19.7 Å². The van der Waals surface area contributed by atoms with Crippen LogP contribution < -0.4 is 0 Å². The molecular formula is C12H19N3O2. The van der Waals surface area contributed by atoms with E-state index in [0.717, 1.165) is 5.56 Å². The highest BCUT2D eigenvalue weighted by Crippen LogP contribution is 2.01. The molecule has 0 aliphatic carbocycles. The van der Waals surface area contributed by atoms with E-state index >= 15 is 0 Å². The van der Waals surface area contributed by atoms with Gasteiger partial charge in [0.05, 0.1) is 6.20 Å². The van der Waals surface area contributed by atoms with Gasteiger partial charge in [0.15, 0.2) is 0 Å². The van der Waals surface area contributed by atoms with E-state index in [9.17, 15) is 4.79 Å². The SMILES string of the molecule is CCN(CCCO)C(=O)/C=C/c1cnn(C)c1. The van der Waals surface area contributed by atoms with E-state index < -0.39 is 0 Å². The van der Waals surface area contributed by atoms with Crippen molar-refractivity contribution >= 4 is 12.0 Å². The first-order chi connectivity index (χ1) is 8.17.